The molecule has 4 heteroatoms. The smallest absolute Gasteiger partial charge is 0.326 e. The molecule has 2 N–H and O–H groups in total. The Morgan fingerprint density at radius 1 is 1.62 bits per heavy atom. The molecule has 1 heterocycles. The summed E-state index contributed by atoms with van der Waals surface area (Å²) < 4.78 is 0. The van der Waals surface area contributed by atoms with Gasteiger partial charge in [0.25, 0.3) is 0 Å². The van der Waals surface area contributed by atoms with Gasteiger partial charge >= 0.3 is 5.97 Å². The number of nitrogens with one attached hydrogen (secondary N) is 1. The van der Waals surface area contributed by atoms with Crippen molar-refractivity contribution in [3.63, 3.8) is 0 Å². The summed E-state index contributed by atoms with van der Waals surface area (Å²) in [4.78, 5) is 22.2. The molecule has 1 amide bonds. The van der Waals surface area contributed by atoms with E-state index >= 15 is 0 Å². The fourth-order valence-electron chi connectivity index (χ4n) is 1.85. The van der Waals surface area contributed by atoms with E-state index in [4.69, 9.17) is 5.11 Å². The van der Waals surface area contributed by atoms with Crippen molar-refractivity contribution in [1.82, 2.24) is 5.32 Å². The van der Waals surface area contributed by atoms with E-state index < -0.39 is 17.4 Å². The summed E-state index contributed by atoms with van der Waals surface area (Å²) in [6, 6.07) is -0.688. The number of hydrogen-bond acceptors (Lipinski definition) is 2. The van der Waals surface area contributed by atoms with Crippen LogP contribution in [0, 0.1) is 5.41 Å². The molecule has 13 heavy (non-hydrogen) atoms. The largest absolute Gasteiger partial charge is 0.480 e. The Bertz CT molecular complexity index is 233. The minimum Gasteiger partial charge on any atom is -0.480 e. The number of carboxylic acid groups (broad SMARTS) is 1. The summed E-state index contributed by atoms with van der Waals surface area (Å²) in [5.74, 6) is -1.04. The molecular weight excluding hydrogens is 170 g/mol. The molecule has 74 valence electrons. The topological polar surface area (TPSA) is 66.4 Å². The van der Waals surface area contributed by atoms with E-state index in [2.05, 4.69) is 5.32 Å². The maximum Gasteiger partial charge on any atom is 0.326 e. The van der Waals surface area contributed by atoms with Gasteiger partial charge in [0.05, 0.1) is 5.41 Å². The maximum absolute atomic E-state index is 11.5. The maximum atomic E-state index is 11.5. The third-order valence-corrected chi connectivity index (χ3v) is 3.03. The van der Waals surface area contributed by atoms with Gasteiger partial charge in [-0.3, -0.25) is 4.79 Å². The van der Waals surface area contributed by atoms with E-state index in [0.717, 1.165) is 0 Å². The minimum absolute atomic E-state index is 0.107. The average molecular weight is 185 g/mol. The van der Waals surface area contributed by atoms with Crippen LogP contribution in [-0.2, 0) is 9.59 Å². The summed E-state index contributed by atoms with van der Waals surface area (Å²) in [5, 5.41) is 11.2. The summed E-state index contributed by atoms with van der Waals surface area (Å²) >= 11 is 0. The molecule has 4 nitrogen and oxygen atoms in total. The van der Waals surface area contributed by atoms with Gasteiger partial charge in [-0.25, -0.2) is 4.79 Å². The predicted molar refractivity (Wildman–Crippen MR) is 47.2 cm³/mol. The highest BCUT2D eigenvalue weighted by Crippen LogP contribution is 2.36. The third kappa shape index (κ3) is 1.53. The van der Waals surface area contributed by atoms with Crippen LogP contribution in [0.2, 0.25) is 0 Å². The molecule has 1 fully saturated rings. The number of hydrogen-bond donors (Lipinski definition) is 2. The molecule has 0 aliphatic carbocycles. The predicted octanol–water partition coefficient (Wildman–Crippen LogP) is 0.766. The third-order valence-electron chi connectivity index (χ3n) is 3.03. The number of carboxylic acids is 1. The Hall–Kier alpha value is -1.06. The van der Waals surface area contributed by atoms with Crippen molar-refractivity contribution in [2.45, 2.75) is 39.2 Å². The Balaban J connectivity index is 2.81. The molecule has 1 atom stereocenters. The van der Waals surface area contributed by atoms with Crippen LogP contribution in [0.4, 0.5) is 0 Å². The van der Waals surface area contributed by atoms with Gasteiger partial charge in [0, 0.05) is 0 Å². The monoisotopic (exact) mass is 185 g/mol. The van der Waals surface area contributed by atoms with Crippen LogP contribution in [0.1, 0.15) is 33.1 Å². The van der Waals surface area contributed by atoms with Crippen molar-refractivity contribution in [2.24, 2.45) is 5.41 Å². The SMILES string of the molecule is CCC1(CC)CC(C(=O)O)NC1=O. The molecule has 0 bridgehead atoms. The fraction of sp³-hybridized carbons (Fsp3) is 0.778. The standard InChI is InChI=1S/C9H15NO3/c1-3-9(4-2)5-6(7(11)12)10-8(9)13/h6H,3-5H2,1-2H3,(H,10,13)(H,11,12). The van der Waals surface area contributed by atoms with Crippen LogP contribution >= 0.6 is 0 Å². The fourth-order valence-corrected chi connectivity index (χ4v) is 1.85. The Kier molecular flexibility index (Phi) is 2.59. The van der Waals surface area contributed by atoms with Crippen molar-refractivity contribution in [2.75, 3.05) is 0 Å². The average Bonchev–Trinajstić information content (AvgIpc) is 2.44. The van der Waals surface area contributed by atoms with Gasteiger partial charge in [-0.2, -0.15) is 0 Å². The highest BCUT2D eigenvalue weighted by Gasteiger charge is 2.46. The summed E-state index contributed by atoms with van der Waals surface area (Å²) in [5.41, 5.74) is -0.441. The first-order valence-corrected chi connectivity index (χ1v) is 4.59. The zero-order chi connectivity index (χ0) is 10.1. The molecule has 0 aromatic rings. The zero-order valence-corrected chi connectivity index (χ0v) is 7.96. The Morgan fingerprint density at radius 3 is 2.38 bits per heavy atom. The van der Waals surface area contributed by atoms with Gasteiger partial charge < -0.3 is 10.4 Å². The summed E-state index contributed by atoms with van der Waals surface area (Å²) in [7, 11) is 0. The molecule has 0 radical (unpaired) electrons. The normalized spacial score (nSPS) is 25.7. The molecule has 1 saturated heterocycles. The van der Waals surface area contributed by atoms with Crippen LogP contribution in [0.5, 0.6) is 0 Å². The number of rotatable bonds is 3. The van der Waals surface area contributed by atoms with Gasteiger partial charge in [0.15, 0.2) is 0 Å². The molecule has 0 spiro atoms. The number of carbonyl (C=O) groups is 2. The van der Waals surface area contributed by atoms with E-state index in [1.165, 1.54) is 0 Å². The van der Waals surface area contributed by atoms with Crippen molar-refractivity contribution >= 4 is 11.9 Å². The molecule has 0 aromatic heterocycles. The quantitative estimate of drug-likeness (QED) is 0.682. The molecule has 0 saturated carbocycles. The van der Waals surface area contributed by atoms with Gasteiger partial charge in [0.1, 0.15) is 6.04 Å². The second-order valence-corrected chi connectivity index (χ2v) is 3.56. The van der Waals surface area contributed by atoms with E-state index in [9.17, 15) is 9.59 Å². The van der Waals surface area contributed by atoms with Crippen molar-refractivity contribution in [1.29, 1.82) is 0 Å². The van der Waals surface area contributed by atoms with Crippen LogP contribution < -0.4 is 5.32 Å². The zero-order valence-electron chi connectivity index (χ0n) is 7.96. The second-order valence-electron chi connectivity index (χ2n) is 3.56. The Labute approximate surface area is 77.3 Å². The van der Waals surface area contributed by atoms with Crippen molar-refractivity contribution in [3.8, 4) is 0 Å². The van der Waals surface area contributed by atoms with Gasteiger partial charge in [-0.1, -0.05) is 13.8 Å². The first kappa shape index (κ1) is 10.0. The van der Waals surface area contributed by atoms with E-state index in [1.807, 2.05) is 13.8 Å². The molecule has 1 rings (SSSR count). The molecular formula is C9H15NO3. The lowest BCUT2D eigenvalue weighted by Crippen LogP contribution is -2.34. The van der Waals surface area contributed by atoms with E-state index in [0.29, 0.717) is 19.3 Å². The van der Waals surface area contributed by atoms with Crippen LogP contribution in [0.15, 0.2) is 0 Å². The molecule has 1 aliphatic rings. The first-order valence-electron chi connectivity index (χ1n) is 4.59. The van der Waals surface area contributed by atoms with Gasteiger partial charge in [0.2, 0.25) is 5.91 Å². The molecule has 1 aliphatic heterocycles. The number of aliphatic carboxylic acids is 1. The van der Waals surface area contributed by atoms with Crippen LogP contribution in [-0.4, -0.2) is 23.0 Å². The number of carbonyl (C=O) groups excluding carboxylic acids is 1. The lowest BCUT2D eigenvalue weighted by atomic mass is 9.80. The van der Waals surface area contributed by atoms with Crippen LogP contribution in [0.3, 0.4) is 0 Å². The highest BCUT2D eigenvalue weighted by molar-refractivity contribution is 5.91. The summed E-state index contributed by atoms with van der Waals surface area (Å²) in [6.45, 7) is 3.85. The highest BCUT2D eigenvalue weighted by atomic mass is 16.4. The Morgan fingerprint density at radius 2 is 2.15 bits per heavy atom. The van der Waals surface area contributed by atoms with Gasteiger partial charge in [-0.05, 0) is 19.3 Å². The van der Waals surface area contributed by atoms with E-state index in [-0.39, 0.29) is 5.91 Å². The van der Waals surface area contributed by atoms with Crippen molar-refractivity contribution < 1.29 is 14.7 Å². The first-order chi connectivity index (χ1) is 6.05. The van der Waals surface area contributed by atoms with Crippen molar-refractivity contribution in [3.05, 3.63) is 0 Å². The van der Waals surface area contributed by atoms with Gasteiger partial charge in [-0.15, -0.1) is 0 Å². The number of amides is 1. The second kappa shape index (κ2) is 3.36. The minimum atomic E-state index is -0.933. The lowest BCUT2D eigenvalue weighted by Gasteiger charge is -2.21. The lowest BCUT2D eigenvalue weighted by molar-refractivity contribution is -0.140. The molecule has 1 unspecified atom stereocenters. The van der Waals surface area contributed by atoms with E-state index in [1.54, 1.807) is 0 Å². The summed E-state index contributed by atoms with van der Waals surface area (Å²) in [6.07, 6.45) is 1.84. The van der Waals surface area contributed by atoms with Crippen LogP contribution in [0.25, 0.3) is 0 Å². The molecule has 0 aromatic carbocycles.